The monoisotopic (exact) mass is 282 g/mol. The summed E-state index contributed by atoms with van der Waals surface area (Å²) in [4.78, 5) is 12.2. The summed E-state index contributed by atoms with van der Waals surface area (Å²) in [7, 11) is 1.43. The largest absolute Gasteiger partial charge is 0.466 e. The molecule has 4 heteroatoms. The first-order valence-electron chi connectivity index (χ1n) is 7.22. The van der Waals surface area contributed by atoms with Gasteiger partial charge in [0, 0.05) is 11.0 Å². The first-order valence-corrected chi connectivity index (χ1v) is 7.22. The van der Waals surface area contributed by atoms with Crippen molar-refractivity contribution in [3.05, 3.63) is 11.1 Å². The van der Waals surface area contributed by atoms with E-state index in [1.54, 1.807) is 0 Å². The highest BCUT2D eigenvalue weighted by Gasteiger charge is 2.56. The molecule has 1 aliphatic heterocycles. The van der Waals surface area contributed by atoms with Crippen LogP contribution in [0.2, 0.25) is 0 Å². The van der Waals surface area contributed by atoms with Gasteiger partial charge in [0.15, 0.2) is 0 Å². The highest BCUT2D eigenvalue weighted by Crippen LogP contribution is 2.51. The van der Waals surface area contributed by atoms with Crippen LogP contribution in [0.1, 0.15) is 47.5 Å². The summed E-state index contributed by atoms with van der Waals surface area (Å²) in [6, 6.07) is 0. The van der Waals surface area contributed by atoms with E-state index in [2.05, 4.69) is 13.8 Å². The van der Waals surface area contributed by atoms with Gasteiger partial charge in [-0.25, -0.2) is 4.79 Å². The summed E-state index contributed by atoms with van der Waals surface area (Å²) >= 11 is 0. The van der Waals surface area contributed by atoms with Crippen LogP contribution in [0.4, 0.5) is 0 Å². The van der Waals surface area contributed by atoms with E-state index in [4.69, 9.17) is 14.2 Å². The number of hydrogen-bond acceptors (Lipinski definition) is 4. The number of rotatable bonds is 1. The third kappa shape index (κ3) is 2.29. The third-order valence-corrected chi connectivity index (χ3v) is 4.88. The lowest BCUT2D eigenvalue weighted by Crippen LogP contribution is -2.60. The molecular weight excluding hydrogens is 256 g/mol. The van der Waals surface area contributed by atoms with E-state index in [1.807, 2.05) is 20.8 Å². The predicted molar refractivity (Wildman–Crippen MR) is 76.4 cm³/mol. The SMILES string of the molecule is COC(=O)C1=C(C)CCC2(COC(C)(C)CO2)C1(C)C. The highest BCUT2D eigenvalue weighted by atomic mass is 16.6. The molecule has 1 heterocycles. The zero-order chi connectivity index (χ0) is 15.2. The number of methoxy groups -OCH3 is 1. The normalized spacial score (nSPS) is 32.3. The van der Waals surface area contributed by atoms with Crippen molar-refractivity contribution in [1.29, 1.82) is 0 Å². The van der Waals surface area contributed by atoms with E-state index < -0.39 is 11.0 Å². The third-order valence-electron chi connectivity index (χ3n) is 4.88. The Bertz CT molecular complexity index is 435. The summed E-state index contributed by atoms with van der Waals surface area (Å²) in [6.45, 7) is 11.2. The van der Waals surface area contributed by atoms with E-state index in [-0.39, 0.29) is 11.6 Å². The van der Waals surface area contributed by atoms with Gasteiger partial charge in [-0.15, -0.1) is 0 Å². The van der Waals surface area contributed by atoms with Crippen LogP contribution in [0.25, 0.3) is 0 Å². The van der Waals surface area contributed by atoms with E-state index in [0.29, 0.717) is 13.2 Å². The first-order chi connectivity index (χ1) is 9.15. The van der Waals surface area contributed by atoms with Crippen LogP contribution in [0.3, 0.4) is 0 Å². The first kappa shape index (κ1) is 15.5. The molecule has 0 bridgehead atoms. The number of allylic oxidation sites excluding steroid dienone is 1. The lowest BCUT2D eigenvalue weighted by molar-refractivity contribution is -0.257. The van der Waals surface area contributed by atoms with Crippen molar-refractivity contribution in [2.75, 3.05) is 20.3 Å². The van der Waals surface area contributed by atoms with Gasteiger partial charge in [-0.05, 0) is 33.6 Å². The summed E-state index contributed by atoms with van der Waals surface area (Å²) < 4.78 is 17.2. The van der Waals surface area contributed by atoms with Crippen LogP contribution in [0.5, 0.6) is 0 Å². The van der Waals surface area contributed by atoms with Crippen molar-refractivity contribution >= 4 is 5.97 Å². The molecule has 0 radical (unpaired) electrons. The predicted octanol–water partition coefficient (Wildman–Crippen LogP) is 2.86. The molecule has 1 atom stereocenters. The molecule has 0 saturated carbocycles. The van der Waals surface area contributed by atoms with Gasteiger partial charge in [0.25, 0.3) is 0 Å². The zero-order valence-electron chi connectivity index (χ0n) is 13.5. The van der Waals surface area contributed by atoms with Gasteiger partial charge < -0.3 is 14.2 Å². The second kappa shape index (κ2) is 4.85. The van der Waals surface area contributed by atoms with E-state index in [0.717, 1.165) is 24.0 Å². The second-order valence-electron chi connectivity index (χ2n) is 7.10. The Balaban J connectivity index is 2.37. The Morgan fingerprint density at radius 3 is 2.30 bits per heavy atom. The Labute approximate surface area is 121 Å². The molecule has 114 valence electrons. The van der Waals surface area contributed by atoms with Crippen molar-refractivity contribution in [3.63, 3.8) is 0 Å². The molecule has 1 fully saturated rings. The van der Waals surface area contributed by atoms with E-state index in [1.165, 1.54) is 7.11 Å². The van der Waals surface area contributed by atoms with Gasteiger partial charge in [0.05, 0.1) is 25.9 Å². The Kier molecular flexibility index (Phi) is 3.76. The maximum atomic E-state index is 12.2. The van der Waals surface area contributed by atoms with Crippen LogP contribution in [0, 0.1) is 5.41 Å². The topological polar surface area (TPSA) is 44.8 Å². The van der Waals surface area contributed by atoms with Crippen LogP contribution in [-0.4, -0.2) is 37.5 Å². The minimum absolute atomic E-state index is 0.250. The lowest BCUT2D eigenvalue weighted by atomic mass is 9.62. The molecule has 1 unspecified atom stereocenters. The molecule has 1 spiro atoms. The Hall–Kier alpha value is -0.870. The maximum absolute atomic E-state index is 12.2. The molecule has 2 aliphatic rings. The number of ether oxygens (including phenoxy) is 3. The van der Waals surface area contributed by atoms with Crippen LogP contribution in [-0.2, 0) is 19.0 Å². The van der Waals surface area contributed by atoms with Gasteiger partial charge in [0.1, 0.15) is 5.60 Å². The van der Waals surface area contributed by atoms with E-state index >= 15 is 0 Å². The molecule has 0 amide bonds. The maximum Gasteiger partial charge on any atom is 0.334 e. The molecular formula is C16H26O4. The molecule has 1 aliphatic carbocycles. The summed E-state index contributed by atoms with van der Waals surface area (Å²) in [5.74, 6) is -0.250. The van der Waals surface area contributed by atoms with Crippen LogP contribution < -0.4 is 0 Å². The fourth-order valence-electron chi connectivity index (χ4n) is 3.33. The summed E-state index contributed by atoms with van der Waals surface area (Å²) in [5, 5.41) is 0. The smallest absolute Gasteiger partial charge is 0.334 e. The highest BCUT2D eigenvalue weighted by molar-refractivity contribution is 5.91. The number of esters is 1. The number of carbonyl (C=O) groups excluding carboxylic acids is 1. The fraction of sp³-hybridized carbons (Fsp3) is 0.812. The van der Waals surface area contributed by atoms with Gasteiger partial charge in [-0.1, -0.05) is 19.4 Å². The molecule has 0 aromatic rings. The molecule has 4 nitrogen and oxygen atoms in total. The fourth-order valence-corrected chi connectivity index (χ4v) is 3.33. The van der Waals surface area contributed by atoms with Crippen molar-refractivity contribution in [1.82, 2.24) is 0 Å². The molecule has 2 rings (SSSR count). The zero-order valence-corrected chi connectivity index (χ0v) is 13.5. The van der Waals surface area contributed by atoms with Gasteiger partial charge in [-0.3, -0.25) is 0 Å². The Morgan fingerprint density at radius 2 is 1.80 bits per heavy atom. The van der Waals surface area contributed by atoms with Crippen molar-refractivity contribution in [3.8, 4) is 0 Å². The quantitative estimate of drug-likeness (QED) is 0.694. The lowest BCUT2D eigenvalue weighted by Gasteiger charge is -2.54. The summed E-state index contributed by atoms with van der Waals surface area (Å²) in [5.41, 5.74) is 0.725. The summed E-state index contributed by atoms with van der Waals surface area (Å²) in [6.07, 6.45) is 1.72. The van der Waals surface area contributed by atoms with Crippen molar-refractivity contribution in [2.24, 2.45) is 5.41 Å². The molecule has 0 aromatic carbocycles. The van der Waals surface area contributed by atoms with Gasteiger partial charge in [0.2, 0.25) is 0 Å². The average Bonchev–Trinajstić information content (AvgIpc) is 2.36. The Morgan fingerprint density at radius 1 is 1.15 bits per heavy atom. The average molecular weight is 282 g/mol. The van der Waals surface area contributed by atoms with Crippen LogP contribution in [0.15, 0.2) is 11.1 Å². The minimum atomic E-state index is -0.439. The second-order valence-corrected chi connectivity index (χ2v) is 7.10. The molecule has 0 N–H and O–H groups in total. The van der Waals surface area contributed by atoms with Crippen molar-refractivity contribution in [2.45, 2.75) is 58.7 Å². The van der Waals surface area contributed by atoms with Gasteiger partial charge >= 0.3 is 5.97 Å². The van der Waals surface area contributed by atoms with Gasteiger partial charge in [-0.2, -0.15) is 0 Å². The molecule has 0 aromatic heterocycles. The molecule has 1 saturated heterocycles. The van der Waals surface area contributed by atoms with E-state index in [9.17, 15) is 4.79 Å². The number of carbonyl (C=O) groups is 1. The number of hydrogen-bond donors (Lipinski definition) is 0. The van der Waals surface area contributed by atoms with Crippen molar-refractivity contribution < 1.29 is 19.0 Å². The molecule has 20 heavy (non-hydrogen) atoms. The van der Waals surface area contributed by atoms with Crippen LogP contribution >= 0.6 is 0 Å². The standard InChI is InChI=1S/C16H26O4/c1-11-7-8-16(10-19-14(2,3)9-20-16)15(4,5)12(11)13(17)18-6/h7-10H2,1-6H3. The minimum Gasteiger partial charge on any atom is -0.466 e.